The molecule has 1 atom stereocenters. The summed E-state index contributed by atoms with van der Waals surface area (Å²) < 4.78 is 7.69. The fraction of sp³-hybridized carbons (Fsp3) is 0.500. The van der Waals surface area contributed by atoms with Gasteiger partial charge in [-0.05, 0) is 26.0 Å². The van der Waals surface area contributed by atoms with E-state index in [9.17, 15) is 4.79 Å². The minimum atomic E-state index is -0.0290. The van der Waals surface area contributed by atoms with Gasteiger partial charge in [0.1, 0.15) is 0 Å². The molecule has 1 aliphatic rings. The molecule has 124 valence electrons. The first-order valence-electron chi connectivity index (χ1n) is 7.80. The Morgan fingerprint density at radius 3 is 3.00 bits per heavy atom. The highest BCUT2D eigenvalue weighted by atomic mass is 16.5. The van der Waals surface area contributed by atoms with Crippen molar-refractivity contribution in [3.8, 4) is 0 Å². The number of hydrogen-bond acceptors (Lipinski definition) is 4. The average Bonchev–Trinajstić information content (AvgIpc) is 3.08. The van der Waals surface area contributed by atoms with E-state index in [0.29, 0.717) is 19.8 Å². The number of nitrogens with zero attached hydrogens (tertiary/aromatic N) is 3. The Kier molecular flexibility index (Phi) is 4.49. The van der Waals surface area contributed by atoms with Crippen LogP contribution in [0.4, 0.5) is 5.69 Å². The monoisotopic (exact) mass is 317 g/mol. The lowest BCUT2D eigenvalue weighted by atomic mass is 10.1. The van der Waals surface area contributed by atoms with Crippen LogP contribution in [-0.4, -0.2) is 51.9 Å². The number of H-pyrrole nitrogens is 1. The zero-order valence-corrected chi connectivity index (χ0v) is 13.8. The van der Waals surface area contributed by atoms with Crippen molar-refractivity contribution >= 4 is 11.6 Å². The number of nitrogens with one attached hydrogen (secondary N) is 2. The Balaban J connectivity index is 1.70. The number of carbonyl (C=O) groups is 1. The number of hydrogen-bond donors (Lipinski definition) is 2. The third-order valence-corrected chi connectivity index (χ3v) is 4.30. The average molecular weight is 317 g/mol. The molecule has 23 heavy (non-hydrogen) atoms. The Bertz CT molecular complexity index is 671. The molecule has 2 aromatic heterocycles. The van der Waals surface area contributed by atoms with Crippen molar-refractivity contribution < 1.29 is 9.53 Å². The number of amides is 1. The topological polar surface area (TPSA) is 75.2 Å². The van der Waals surface area contributed by atoms with Crippen LogP contribution in [0.15, 0.2) is 18.3 Å². The Labute approximate surface area is 135 Å². The molecule has 0 aromatic carbocycles. The number of ether oxygens (including phenoxy) is 1. The van der Waals surface area contributed by atoms with Crippen molar-refractivity contribution in [1.29, 1.82) is 0 Å². The summed E-state index contributed by atoms with van der Waals surface area (Å²) in [5.74, 6) is -0.0290. The van der Waals surface area contributed by atoms with Crippen molar-refractivity contribution in [1.82, 2.24) is 19.7 Å². The number of morpholine rings is 1. The molecule has 1 saturated heterocycles. The predicted octanol–water partition coefficient (Wildman–Crippen LogP) is 1.38. The van der Waals surface area contributed by atoms with E-state index in [-0.39, 0.29) is 11.9 Å². The molecule has 0 aliphatic carbocycles. The number of carbonyl (C=O) groups excluding carboxylic acids is 1. The maximum Gasteiger partial charge on any atom is 0.238 e. The van der Waals surface area contributed by atoms with Gasteiger partial charge in [-0.3, -0.25) is 14.8 Å². The highest BCUT2D eigenvalue weighted by Gasteiger charge is 2.28. The van der Waals surface area contributed by atoms with Gasteiger partial charge in [0.05, 0.1) is 42.9 Å². The van der Waals surface area contributed by atoms with Crippen LogP contribution >= 0.6 is 0 Å². The molecule has 0 saturated carbocycles. The molecular formula is C16H23N5O2. The second-order valence-corrected chi connectivity index (χ2v) is 5.96. The quantitative estimate of drug-likeness (QED) is 0.893. The van der Waals surface area contributed by atoms with Crippen molar-refractivity contribution in [2.45, 2.75) is 19.9 Å². The van der Waals surface area contributed by atoms with E-state index in [0.717, 1.165) is 29.3 Å². The highest BCUT2D eigenvalue weighted by molar-refractivity contribution is 5.93. The lowest BCUT2D eigenvalue weighted by Gasteiger charge is -2.35. The summed E-state index contributed by atoms with van der Waals surface area (Å²) in [7, 11) is 2.01. The summed E-state index contributed by atoms with van der Waals surface area (Å²) in [6, 6.07) is 4.19. The van der Waals surface area contributed by atoms with E-state index >= 15 is 0 Å². The van der Waals surface area contributed by atoms with Crippen molar-refractivity contribution in [2.75, 3.05) is 31.6 Å². The van der Waals surface area contributed by atoms with E-state index in [1.165, 1.54) is 0 Å². The molecule has 7 nitrogen and oxygen atoms in total. The van der Waals surface area contributed by atoms with E-state index in [2.05, 4.69) is 31.0 Å². The van der Waals surface area contributed by atoms with Crippen LogP contribution in [0, 0.1) is 13.8 Å². The first-order chi connectivity index (χ1) is 11.1. The largest absolute Gasteiger partial charge is 0.378 e. The number of aromatic amines is 1. The summed E-state index contributed by atoms with van der Waals surface area (Å²) >= 11 is 0. The lowest BCUT2D eigenvalue weighted by Crippen LogP contribution is -2.44. The zero-order chi connectivity index (χ0) is 16.4. The van der Waals surface area contributed by atoms with Gasteiger partial charge in [-0.1, -0.05) is 0 Å². The summed E-state index contributed by atoms with van der Waals surface area (Å²) in [6.07, 6.45) is 2.01. The molecule has 0 radical (unpaired) electrons. The van der Waals surface area contributed by atoms with Crippen molar-refractivity contribution in [3.05, 3.63) is 35.4 Å². The molecule has 2 N–H and O–H groups in total. The van der Waals surface area contributed by atoms with E-state index in [4.69, 9.17) is 4.74 Å². The standard InChI is InChI=1S/C16H23N5O2/c1-11-16(12(2)19-18-11)17-15(22)9-21-7-8-23-10-14(21)13-5-4-6-20(13)3/h4-6,14H,7-10H2,1-3H3,(H,17,22)(H,18,19)/t14-/m1/s1. The van der Waals surface area contributed by atoms with Crippen LogP contribution in [-0.2, 0) is 16.6 Å². The minimum Gasteiger partial charge on any atom is -0.378 e. The molecule has 3 rings (SSSR count). The summed E-state index contributed by atoms with van der Waals surface area (Å²) in [4.78, 5) is 14.6. The van der Waals surface area contributed by atoms with Gasteiger partial charge in [-0.2, -0.15) is 5.10 Å². The molecular weight excluding hydrogens is 294 g/mol. The van der Waals surface area contributed by atoms with Crippen LogP contribution < -0.4 is 5.32 Å². The van der Waals surface area contributed by atoms with Crippen LogP contribution in [0.1, 0.15) is 23.1 Å². The first-order valence-corrected chi connectivity index (χ1v) is 7.80. The summed E-state index contributed by atoms with van der Waals surface area (Å²) in [6.45, 7) is 6.11. The minimum absolute atomic E-state index is 0.0290. The maximum absolute atomic E-state index is 12.4. The molecule has 0 unspecified atom stereocenters. The third kappa shape index (κ3) is 3.30. The van der Waals surface area contributed by atoms with Gasteiger partial charge >= 0.3 is 0 Å². The fourth-order valence-corrected chi connectivity index (χ4v) is 3.02. The second kappa shape index (κ2) is 6.55. The van der Waals surface area contributed by atoms with Crippen LogP contribution in [0.2, 0.25) is 0 Å². The Morgan fingerprint density at radius 2 is 2.35 bits per heavy atom. The number of aromatic nitrogens is 3. The van der Waals surface area contributed by atoms with Gasteiger partial charge in [0.25, 0.3) is 0 Å². The number of aryl methyl sites for hydroxylation is 3. The number of rotatable bonds is 4. The molecule has 2 aromatic rings. The zero-order valence-electron chi connectivity index (χ0n) is 13.8. The van der Waals surface area contributed by atoms with Crippen molar-refractivity contribution in [2.24, 2.45) is 7.05 Å². The van der Waals surface area contributed by atoms with Crippen LogP contribution in [0.5, 0.6) is 0 Å². The molecule has 1 fully saturated rings. The Hall–Kier alpha value is -2.12. The number of anilines is 1. The molecule has 3 heterocycles. The van der Waals surface area contributed by atoms with Gasteiger partial charge in [-0.25, -0.2) is 0 Å². The highest BCUT2D eigenvalue weighted by Crippen LogP contribution is 2.24. The Morgan fingerprint density at radius 1 is 1.52 bits per heavy atom. The van der Waals surface area contributed by atoms with Gasteiger partial charge < -0.3 is 14.6 Å². The van der Waals surface area contributed by atoms with Crippen LogP contribution in [0.3, 0.4) is 0 Å². The molecule has 1 aliphatic heterocycles. The molecule has 7 heteroatoms. The second-order valence-electron chi connectivity index (χ2n) is 5.96. The normalized spacial score (nSPS) is 19.0. The summed E-state index contributed by atoms with van der Waals surface area (Å²) in [5, 5.41) is 9.95. The maximum atomic E-state index is 12.4. The molecule has 0 spiro atoms. The van der Waals surface area contributed by atoms with Gasteiger partial charge in [0.2, 0.25) is 5.91 Å². The lowest BCUT2D eigenvalue weighted by molar-refractivity contribution is -0.119. The van der Waals surface area contributed by atoms with Crippen molar-refractivity contribution in [3.63, 3.8) is 0 Å². The first kappa shape index (κ1) is 15.8. The van der Waals surface area contributed by atoms with Gasteiger partial charge in [-0.15, -0.1) is 0 Å². The molecule has 0 bridgehead atoms. The summed E-state index contributed by atoms with van der Waals surface area (Å²) in [5.41, 5.74) is 3.61. The van der Waals surface area contributed by atoms with E-state index in [1.54, 1.807) is 0 Å². The fourth-order valence-electron chi connectivity index (χ4n) is 3.02. The predicted molar refractivity (Wildman–Crippen MR) is 87.2 cm³/mol. The van der Waals surface area contributed by atoms with Gasteiger partial charge in [0.15, 0.2) is 0 Å². The molecule has 1 amide bonds. The van der Waals surface area contributed by atoms with E-state index in [1.807, 2.05) is 33.2 Å². The van der Waals surface area contributed by atoms with Gasteiger partial charge in [0, 0.05) is 25.5 Å². The smallest absolute Gasteiger partial charge is 0.238 e. The van der Waals surface area contributed by atoms with E-state index < -0.39 is 0 Å². The van der Waals surface area contributed by atoms with Crippen LogP contribution in [0.25, 0.3) is 0 Å². The SMILES string of the molecule is Cc1n[nH]c(C)c1NC(=O)CN1CCOC[C@@H]1c1cccn1C. The third-order valence-electron chi connectivity index (χ3n) is 4.30.